The molecule has 3 heteroatoms. The zero-order valence-corrected chi connectivity index (χ0v) is 6.99. The molecule has 1 saturated carbocycles. The van der Waals surface area contributed by atoms with Crippen molar-refractivity contribution in [1.29, 1.82) is 5.26 Å². The van der Waals surface area contributed by atoms with Gasteiger partial charge in [-0.2, -0.15) is 5.26 Å². The number of nitriles is 1. The minimum absolute atomic E-state index is 0.0451. The molecule has 0 aromatic heterocycles. The summed E-state index contributed by atoms with van der Waals surface area (Å²) in [4.78, 5) is 13.1. The van der Waals surface area contributed by atoms with Gasteiger partial charge in [-0.3, -0.25) is 4.79 Å². The van der Waals surface area contributed by atoms with Crippen LogP contribution >= 0.6 is 0 Å². The zero-order valence-electron chi connectivity index (χ0n) is 6.99. The second kappa shape index (κ2) is 2.78. The van der Waals surface area contributed by atoms with Gasteiger partial charge in [0.25, 0.3) is 0 Å². The quantitative estimate of drug-likeness (QED) is 0.605. The summed E-state index contributed by atoms with van der Waals surface area (Å²) in [5.41, 5.74) is 0. The Balaban J connectivity index is 1.90. The summed E-state index contributed by atoms with van der Waals surface area (Å²) in [6, 6.07) is 2.16. The predicted octanol–water partition coefficient (Wildman–Crippen LogP) is 0.768. The summed E-state index contributed by atoms with van der Waals surface area (Å²) < 4.78 is 0. The first-order valence-corrected chi connectivity index (χ1v) is 4.47. The van der Waals surface area contributed by atoms with E-state index >= 15 is 0 Å². The van der Waals surface area contributed by atoms with E-state index in [2.05, 4.69) is 6.07 Å². The van der Waals surface area contributed by atoms with E-state index in [1.54, 1.807) is 0 Å². The van der Waals surface area contributed by atoms with Gasteiger partial charge in [0.2, 0.25) is 5.91 Å². The van der Waals surface area contributed by atoms with E-state index in [0.29, 0.717) is 13.0 Å². The second-order valence-electron chi connectivity index (χ2n) is 3.77. The fourth-order valence-corrected chi connectivity index (χ4v) is 1.65. The van der Waals surface area contributed by atoms with Gasteiger partial charge in [0, 0.05) is 19.5 Å². The molecule has 1 unspecified atom stereocenters. The Labute approximate surface area is 72.0 Å². The van der Waals surface area contributed by atoms with Crippen LogP contribution in [0.25, 0.3) is 0 Å². The molecule has 1 aliphatic carbocycles. The van der Waals surface area contributed by atoms with Crippen LogP contribution in [0.4, 0.5) is 0 Å². The lowest BCUT2D eigenvalue weighted by Gasteiger charge is -2.14. The molecule has 3 nitrogen and oxygen atoms in total. The average molecular weight is 164 g/mol. The Hall–Kier alpha value is -1.04. The van der Waals surface area contributed by atoms with Gasteiger partial charge < -0.3 is 4.90 Å². The van der Waals surface area contributed by atoms with Crippen molar-refractivity contribution in [2.75, 3.05) is 13.1 Å². The van der Waals surface area contributed by atoms with E-state index in [4.69, 9.17) is 5.26 Å². The number of carbonyl (C=O) groups is 1. The highest BCUT2D eigenvalue weighted by atomic mass is 16.2. The summed E-state index contributed by atoms with van der Waals surface area (Å²) in [6.07, 6.45) is 2.98. The van der Waals surface area contributed by atoms with Crippen LogP contribution in [0.2, 0.25) is 0 Å². The van der Waals surface area contributed by atoms with E-state index in [-0.39, 0.29) is 11.8 Å². The van der Waals surface area contributed by atoms with Crippen molar-refractivity contribution in [3.8, 4) is 6.07 Å². The third-order valence-corrected chi connectivity index (χ3v) is 2.57. The minimum atomic E-state index is -0.0451. The molecule has 0 bridgehead atoms. The number of likely N-dealkylation sites (tertiary alicyclic amines) is 1. The van der Waals surface area contributed by atoms with Crippen molar-refractivity contribution in [2.24, 2.45) is 11.8 Å². The normalized spacial score (nSPS) is 29.1. The molecule has 0 radical (unpaired) electrons. The molecule has 0 aromatic carbocycles. The van der Waals surface area contributed by atoms with Gasteiger partial charge in [-0.05, 0) is 18.8 Å². The first-order chi connectivity index (χ1) is 5.79. The summed E-state index contributed by atoms with van der Waals surface area (Å²) in [5, 5.41) is 8.62. The van der Waals surface area contributed by atoms with Gasteiger partial charge in [-0.1, -0.05) is 0 Å². The summed E-state index contributed by atoms with van der Waals surface area (Å²) >= 11 is 0. The number of nitrogens with zero attached hydrogens (tertiary/aromatic N) is 2. The monoisotopic (exact) mass is 164 g/mol. The first-order valence-electron chi connectivity index (χ1n) is 4.47. The molecular weight excluding hydrogens is 152 g/mol. The number of rotatable bonds is 2. The number of hydrogen-bond donors (Lipinski definition) is 0. The fourth-order valence-electron chi connectivity index (χ4n) is 1.65. The van der Waals surface area contributed by atoms with Crippen molar-refractivity contribution in [3.63, 3.8) is 0 Å². The topological polar surface area (TPSA) is 44.1 Å². The molecule has 1 amide bonds. The Morgan fingerprint density at radius 3 is 2.83 bits per heavy atom. The van der Waals surface area contributed by atoms with E-state index in [1.807, 2.05) is 4.90 Å². The molecule has 1 atom stereocenters. The average Bonchev–Trinajstić information content (AvgIpc) is 2.78. The zero-order chi connectivity index (χ0) is 8.55. The Bertz CT molecular complexity index is 239. The number of carbonyl (C=O) groups excluding carboxylic acids is 1. The molecule has 2 aliphatic rings. The van der Waals surface area contributed by atoms with Gasteiger partial charge in [0.05, 0.1) is 12.0 Å². The van der Waals surface area contributed by atoms with Crippen LogP contribution in [0.1, 0.15) is 19.3 Å². The Kier molecular flexibility index (Phi) is 1.76. The molecule has 1 aliphatic heterocycles. The van der Waals surface area contributed by atoms with Crippen LogP contribution in [0.5, 0.6) is 0 Å². The van der Waals surface area contributed by atoms with Crippen LogP contribution in [-0.4, -0.2) is 23.9 Å². The molecule has 12 heavy (non-hydrogen) atoms. The summed E-state index contributed by atoms with van der Waals surface area (Å²) in [6.45, 7) is 1.57. The number of hydrogen-bond acceptors (Lipinski definition) is 2. The SMILES string of the molecule is N#CC1CC(=O)N(CC2CC2)C1. The first kappa shape index (κ1) is 7.60. The fraction of sp³-hybridized carbons (Fsp3) is 0.778. The largest absolute Gasteiger partial charge is 0.341 e. The highest BCUT2D eigenvalue weighted by Gasteiger charge is 2.33. The molecule has 1 heterocycles. The van der Waals surface area contributed by atoms with Crippen molar-refractivity contribution >= 4 is 5.91 Å². The van der Waals surface area contributed by atoms with Crippen LogP contribution in [0, 0.1) is 23.2 Å². The maximum absolute atomic E-state index is 11.3. The van der Waals surface area contributed by atoms with Crippen molar-refractivity contribution < 1.29 is 4.79 Å². The molecule has 2 rings (SSSR count). The summed E-state index contributed by atoms with van der Waals surface area (Å²) in [7, 11) is 0. The number of amides is 1. The molecular formula is C9H12N2O. The Morgan fingerprint density at radius 2 is 2.33 bits per heavy atom. The molecule has 0 N–H and O–H groups in total. The van der Waals surface area contributed by atoms with E-state index in [0.717, 1.165) is 12.5 Å². The molecule has 64 valence electrons. The highest BCUT2D eigenvalue weighted by Crippen LogP contribution is 2.31. The van der Waals surface area contributed by atoms with Crippen LogP contribution in [-0.2, 0) is 4.79 Å². The predicted molar refractivity (Wildman–Crippen MR) is 43.0 cm³/mol. The van der Waals surface area contributed by atoms with Crippen LogP contribution in [0.15, 0.2) is 0 Å². The van der Waals surface area contributed by atoms with Gasteiger partial charge in [0.1, 0.15) is 0 Å². The van der Waals surface area contributed by atoms with Crippen molar-refractivity contribution in [2.45, 2.75) is 19.3 Å². The van der Waals surface area contributed by atoms with Gasteiger partial charge in [-0.15, -0.1) is 0 Å². The van der Waals surface area contributed by atoms with E-state index < -0.39 is 0 Å². The highest BCUT2D eigenvalue weighted by molar-refractivity contribution is 5.79. The smallest absolute Gasteiger partial charge is 0.224 e. The van der Waals surface area contributed by atoms with Crippen LogP contribution in [0.3, 0.4) is 0 Å². The maximum Gasteiger partial charge on any atom is 0.224 e. The lowest BCUT2D eigenvalue weighted by Crippen LogP contribution is -2.27. The second-order valence-corrected chi connectivity index (χ2v) is 3.77. The molecule has 1 saturated heterocycles. The van der Waals surface area contributed by atoms with Gasteiger partial charge in [-0.25, -0.2) is 0 Å². The van der Waals surface area contributed by atoms with Crippen LogP contribution < -0.4 is 0 Å². The molecule has 0 spiro atoms. The minimum Gasteiger partial charge on any atom is -0.341 e. The lowest BCUT2D eigenvalue weighted by atomic mass is 10.1. The van der Waals surface area contributed by atoms with Gasteiger partial charge >= 0.3 is 0 Å². The molecule has 0 aromatic rings. The molecule has 2 fully saturated rings. The third kappa shape index (κ3) is 1.42. The lowest BCUT2D eigenvalue weighted by molar-refractivity contribution is -0.127. The standard InChI is InChI=1S/C9H12N2O/c10-4-8-3-9(12)11(6-8)5-7-1-2-7/h7-8H,1-3,5-6H2. The maximum atomic E-state index is 11.3. The van der Waals surface area contributed by atoms with Gasteiger partial charge in [0.15, 0.2) is 0 Å². The summed E-state index contributed by atoms with van der Waals surface area (Å²) in [5.74, 6) is 0.871. The third-order valence-electron chi connectivity index (χ3n) is 2.57. The van der Waals surface area contributed by atoms with E-state index in [1.165, 1.54) is 12.8 Å². The van der Waals surface area contributed by atoms with E-state index in [9.17, 15) is 4.79 Å². The van der Waals surface area contributed by atoms with Crippen molar-refractivity contribution in [3.05, 3.63) is 0 Å². The van der Waals surface area contributed by atoms with Crippen molar-refractivity contribution in [1.82, 2.24) is 4.90 Å². The Morgan fingerprint density at radius 1 is 1.58 bits per heavy atom.